The second kappa shape index (κ2) is 9.11. The second-order valence-corrected chi connectivity index (χ2v) is 6.28. The van der Waals surface area contributed by atoms with Crippen molar-refractivity contribution in [3.8, 4) is 5.75 Å². The zero-order chi connectivity index (χ0) is 19.1. The van der Waals surface area contributed by atoms with Crippen LogP contribution < -0.4 is 15.6 Å². The van der Waals surface area contributed by atoms with E-state index in [4.69, 9.17) is 10.5 Å². The van der Waals surface area contributed by atoms with E-state index in [2.05, 4.69) is 0 Å². The van der Waals surface area contributed by atoms with Crippen LogP contribution in [0.1, 0.15) is 41.3 Å². The van der Waals surface area contributed by atoms with Crippen LogP contribution in [0.3, 0.4) is 0 Å². The van der Waals surface area contributed by atoms with E-state index < -0.39 is 5.97 Å². The Labute approximate surface area is 150 Å². The van der Waals surface area contributed by atoms with Crippen molar-refractivity contribution >= 4 is 17.5 Å². The molecule has 0 spiro atoms. The van der Waals surface area contributed by atoms with Crippen LogP contribution in [-0.2, 0) is 6.42 Å². The molecule has 1 aliphatic rings. The highest BCUT2D eigenvalue weighted by atomic mass is 16.5. The number of rotatable bonds is 2. The molecule has 0 heterocycles. The van der Waals surface area contributed by atoms with Gasteiger partial charge < -0.3 is 14.6 Å². The van der Waals surface area contributed by atoms with Crippen LogP contribution in [0.5, 0.6) is 5.75 Å². The number of fused-ring (bicyclic) bond motifs is 1. The molecular weight excluding hydrogens is 318 g/mol. The zero-order valence-corrected chi connectivity index (χ0v) is 16.0. The van der Waals surface area contributed by atoms with E-state index in [1.807, 2.05) is 56.7 Å². The quantitative estimate of drug-likeness (QED) is 0.489. The summed E-state index contributed by atoms with van der Waals surface area (Å²) in [6, 6.07) is 3.66. The summed E-state index contributed by atoms with van der Waals surface area (Å²) in [6.07, 6.45) is 4.86. The average Bonchev–Trinajstić information content (AvgIpc) is 2.59. The van der Waals surface area contributed by atoms with Crippen molar-refractivity contribution in [1.82, 2.24) is 4.90 Å². The molecule has 0 fully saturated rings. The summed E-state index contributed by atoms with van der Waals surface area (Å²) >= 11 is 0. The van der Waals surface area contributed by atoms with Gasteiger partial charge in [-0.15, -0.1) is 0 Å². The second-order valence-electron chi connectivity index (χ2n) is 6.28. The van der Waals surface area contributed by atoms with Gasteiger partial charge in [-0.2, -0.15) is 0 Å². The zero-order valence-electron chi connectivity index (χ0n) is 16.0. The minimum atomic E-state index is -1.17. The fraction of sp³-hybridized carbons (Fsp3) is 0.474. The summed E-state index contributed by atoms with van der Waals surface area (Å²) in [5.41, 5.74) is 8.67. The van der Waals surface area contributed by atoms with Gasteiger partial charge in [0.05, 0.1) is 41.3 Å². The predicted molar refractivity (Wildman–Crippen MR) is 98.9 cm³/mol. The number of hydrogen-bond donors (Lipinski definition) is 1. The molecule has 1 aromatic carbocycles. The molecule has 1 aromatic rings. The minimum Gasteiger partial charge on any atom is -0.545 e. The van der Waals surface area contributed by atoms with Crippen molar-refractivity contribution in [2.75, 3.05) is 35.3 Å². The molecule has 0 aromatic heterocycles. The summed E-state index contributed by atoms with van der Waals surface area (Å²) in [5.74, 6) is -0.0186. The highest BCUT2D eigenvalue weighted by Gasteiger charge is 2.20. The number of carboxylic acids is 1. The molecule has 6 nitrogen and oxygen atoms in total. The van der Waals surface area contributed by atoms with Gasteiger partial charge in [0.25, 0.3) is 0 Å². The maximum absolute atomic E-state index is 11.3. The van der Waals surface area contributed by atoms with Crippen LogP contribution in [0, 0.1) is 0 Å². The van der Waals surface area contributed by atoms with Crippen molar-refractivity contribution in [2.24, 2.45) is 5.73 Å². The third kappa shape index (κ3) is 4.98. The number of aromatic carboxylic acids is 1. The Morgan fingerprint density at radius 1 is 1.32 bits per heavy atom. The number of nitrogens with zero attached hydrogens (tertiary/aromatic N) is 2. The number of carbonyl (C=O) groups excluding carboxylic acids is 1. The highest BCUT2D eigenvalue weighted by molar-refractivity contribution is 5.97. The molecular formula is C19H29N3O3. The first-order valence-electron chi connectivity index (χ1n) is 8.28. The maximum Gasteiger partial charge on any atom is 0.344 e. The Kier molecular flexibility index (Phi) is 7.48. The number of aryl methyl sites for hydroxylation is 1. The van der Waals surface area contributed by atoms with Gasteiger partial charge in [0.1, 0.15) is 5.75 Å². The summed E-state index contributed by atoms with van der Waals surface area (Å²) in [7, 11) is 9.13. The van der Waals surface area contributed by atoms with Gasteiger partial charge in [-0.05, 0) is 49.0 Å². The topological polar surface area (TPSA) is 81.6 Å². The van der Waals surface area contributed by atoms with Crippen molar-refractivity contribution in [3.63, 3.8) is 0 Å². The largest absolute Gasteiger partial charge is 0.545 e. The highest BCUT2D eigenvalue weighted by Crippen LogP contribution is 2.37. The molecule has 0 bridgehead atoms. The van der Waals surface area contributed by atoms with Crippen molar-refractivity contribution in [2.45, 2.75) is 26.2 Å². The lowest BCUT2D eigenvalue weighted by molar-refractivity contribution is -0.470. The van der Waals surface area contributed by atoms with E-state index in [-0.39, 0.29) is 5.56 Å². The molecule has 0 saturated heterocycles. The number of allylic oxidation sites excluding steroid dienone is 2. The van der Waals surface area contributed by atoms with E-state index in [0.717, 1.165) is 41.9 Å². The summed E-state index contributed by atoms with van der Waals surface area (Å²) in [6.45, 7) is 1.93. The lowest BCUT2D eigenvalue weighted by Crippen LogP contribution is -2.36. The number of carbonyl (C=O) groups is 1. The molecule has 2 rings (SSSR count). The van der Waals surface area contributed by atoms with E-state index >= 15 is 0 Å². The van der Waals surface area contributed by atoms with Crippen molar-refractivity contribution in [1.29, 1.82) is 0 Å². The SMILES string of the molecule is C/C=C1\CCCc2ccc(OC)c(C(=O)[O-])c21.CN(C)C(N)=[N+](C)C. The van der Waals surface area contributed by atoms with Gasteiger partial charge in [-0.1, -0.05) is 12.1 Å². The van der Waals surface area contributed by atoms with Gasteiger partial charge in [0.2, 0.25) is 0 Å². The van der Waals surface area contributed by atoms with Crippen LogP contribution >= 0.6 is 0 Å². The molecule has 0 amide bonds. The third-order valence-corrected chi connectivity index (χ3v) is 4.16. The van der Waals surface area contributed by atoms with Crippen LogP contribution in [0.25, 0.3) is 5.57 Å². The number of hydrogen-bond acceptors (Lipinski definition) is 3. The molecule has 138 valence electrons. The van der Waals surface area contributed by atoms with Crippen LogP contribution in [0.2, 0.25) is 0 Å². The van der Waals surface area contributed by atoms with E-state index in [9.17, 15) is 9.90 Å². The van der Waals surface area contributed by atoms with E-state index in [1.54, 1.807) is 6.07 Å². The number of ether oxygens (including phenoxy) is 1. The maximum atomic E-state index is 11.3. The van der Waals surface area contributed by atoms with Crippen LogP contribution in [0.15, 0.2) is 18.2 Å². The Hall–Kier alpha value is -2.50. The van der Waals surface area contributed by atoms with Crippen molar-refractivity contribution < 1.29 is 19.2 Å². The molecule has 1 aliphatic carbocycles. The number of methoxy groups -OCH3 is 1. The van der Waals surface area contributed by atoms with Crippen molar-refractivity contribution in [3.05, 3.63) is 34.9 Å². The Bertz CT molecular complexity index is 687. The average molecular weight is 347 g/mol. The number of benzene rings is 1. The monoisotopic (exact) mass is 347 g/mol. The summed E-state index contributed by atoms with van der Waals surface area (Å²) < 4.78 is 6.98. The van der Waals surface area contributed by atoms with Gasteiger partial charge in [0, 0.05) is 5.56 Å². The fourth-order valence-electron chi connectivity index (χ4n) is 2.86. The van der Waals surface area contributed by atoms with Gasteiger partial charge in [-0.25, -0.2) is 0 Å². The van der Waals surface area contributed by atoms with E-state index in [0.29, 0.717) is 5.75 Å². The van der Waals surface area contributed by atoms with Gasteiger partial charge >= 0.3 is 5.96 Å². The summed E-state index contributed by atoms with van der Waals surface area (Å²) in [4.78, 5) is 13.2. The first kappa shape index (κ1) is 20.5. The normalized spacial score (nSPS) is 14.1. The molecule has 6 heteroatoms. The number of guanidine groups is 1. The first-order valence-corrected chi connectivity index (χ1v) is 8.28. The predicted octanol–water partition coefficient (Wildman–Crippen LogP) is 0.933. The van der Waals surface area contributed by atoms with E-state index in [1.165, 1.54) is 7.11 Å². The molecule has 0 radical (unpaired) electrons. The molecule has 0 saturated carbocycles. The first-order chi connectivity index (χ1) is 11.7. The Morgan fingerprint density at radius 2 is 1.96 bits per heavy atom. The molecule has 25 heavy (non-hydrogen) atoms. The number of carboxylic acid groups (broad SMARTS) is 1. The van der Waals surface area contributed by atoms with Crippen LogP contribution in [-0.4, -0.2) is 56.7 Å². The molecule has 0 unspecified atom stereocenters. The molecule has 0 atom stereocenters. The standard InChI is InChI=1S/C14H16O3.C5H13N3/c1-3-9-5-4-6-10-7-8-11(17-2)13(12(9)10)14(15)16;1-7(2)5(6)8(3)4/h3,7-8H,4-6H2,1-2H3,(H,15,16);6H,1-4H3/b9-3+;. The summed E-state index contributed by atoms with van der Waals surface area (Å²) in [5, 5.41) is 11.3. The lowest BCUT2D eigenvalue weighted by Gasteiger charge is -2.24. The molecule has 0 aliphatic heterocycles. The number of nitrogens with two attached hydrogens (primary N) is 1. The smallest absolute Gasteiger partial charge is 0.344 e. The van der Waals surface area contributed by atoms with Crippen LogP contribution in [0.4, 0.5) is 0 Å². The Morgan fingerprint density at radius 3 is 2.36 bits per heavy atom. The fourth-order valence-corrected chi connectivity index (χ4v) is 2.86. The molecule has 2 N–H and O–H groups in total. The Balaban J connectivity index is 0.000000333. The van der Waals surface area contributed by atoms with Gasteiger partial charge in [0.15, 0.2) is 0 Å². The lowest BCUT2D eigenvalue weighted by atomic mass is 9.84. The minimum absolute atomic E-state index is 0.192. The van der Waals surface area contributed by atoms with Gasteiger partial charge in [-0.3, -0.25) is 15.2 Å². The third-order valence-electron chi connectivity index (χ3n) is 4.16.